The summed E-state index contributed by atoms with van der Waals surface area (Å²) in [7, 11) is 0. The number of ether oxygens (including phenoxy) is 1. The number of nitrogens with one attached hydrogen (secondary N) is 2. The van der Waals surface area contributed by atoms with E-state index < -0.39 is 24.0 Å². The molecule has 2 aromatic carbocycles. The van der Waals surface area contributed by atoms with Crippen LogP contribution in [0.2, 0.25) is 0 Å². The lowest BCUT2D eigenvalue weighted by Crippen LogP contribution is -2.48. The van der Waals surface area contributed by atoms with E-state index in [1.165, 1.54) is 0 Å². The number of fused-ring (bicyclic) bond motifs is 3. The van der Waals surface area contributed by atoms with Gasteiger partial charge in [0, 0.05) is 11.8 Å². The summed E-state index contributed by atoms with van der Waals surface area (Å²) in [6, 6.07) is 15.0. The third-order valence-corrected chi connectivity index (χ3v) is 6.58. The number of hydrogen-bond acceptors (Lipinski definition) is 4. The molecule has 2 aliphatic carbocycles. The highest BCUT2D eigenvalue weighted by Crippen LogP contribution is 2.44. The number of amides is 2. The predicted octanol–water partition coefficient (Wildman–Crippen LogP) is 4.09. The van der Waals surface area contributed by atoms with Crippen LogP contribution in [-0.2, 0) is 14.3 Å². The van der Waals surface area contributed by atoms with Gasteiger partial charge in [0.15, 0.2) is 0 Å². The molecule has 0 saturated carbocycles. The van der Waals surface area contributed by atoms with Gasteiger partial charge in [-0.15, -0.1) is 0 Å². The molecule has 7 heteroatoms. The molecule has 0 fully saturated rings. The third-order valence-electron chi connectivity index (χ3n) is 6.58. The summed E-state index contributed by atoms with van der Waals surface area (Å²) < 4.78 is 5.60. The fourth-order valence-electron chi connectivity index (χ4n) is 4.79. The number of carbonyl (C=O) groups is 3. The van der Waals surface area contributed by atoms with Crippen LogP contribution in [0.3, 0.4) is 0 Å². The van der Waals surface area contributed by atoms with Gasteiger partial charge >= 0.3 is 12.1 Å². The molecule has 0 unspecified atom stereocenters. The molecular formula is C27H30N2O5. The second-order valence-electron chi connectivity index (χ2n) is 9.24. The SMILES string of the molecule is CC(C)[C@H](NC(=O)[C@@H]1CC=C[C@@H](NC(=O)OCC2c3ccccc3-c3ccccc32)C1)C(=O)O. The van der Waals surface area contributed by atoms with Crippen LogP contribution in [0.1, 0.15) is 43.7 Å². The van der Waals surface area contributed by atoms with Crippen molar-refractivity contribution in [1.29, 1.82) is 0 Å². The Morgan fingerprint density at radius 2 is 1.65 bits per heavy atom. The van der Waals surface area contributed by atoms with E-state index in [4.69, 9.17) is 4.74 Å². The average molecular weight is 463 g/mol. The van der Waals surface area contributed by atoms with E-state index in [-0.39, 0.29) is 30.4 Å². The first kappa shape index (κ1) is 23.5. The Hall–Kier alpha value is -3.61. The van der Waals surface area contributed by atoms with Gasteiger partial charge in [-0.3, -0.25) is 4.79 Å². The van der Waals surface area contributed by atoms with Gasteiger partial charge in [0.25, 0.3) is 0 Å². The summed E-state index contributed by atoms with van der Waals surface area (Å²) in [4.78, 5) is 36.6. The lowest BCUT2D eigenvalue weighted by atomic mass is 9.89. The summed E-state index contributed by atoms with van der Waals surface area (Å²) in [5, 5.41) is 14.8. The predicted molar refractivity (Wildman–Crippen MR) is 128 cm³/mol. The molecule has 3 atom stereocenters. The van der Waals surface area contributed by atoms with Crippen molar-refractivity contribution in [3.63, 3.8) is 0 Å². The molecule has 3 N–H and O–H groups in total. The van der Waals surface area contributed by atoms with Gasteiger partial charge in [0.1, 0.15) is 12.6 Å². The molecule has 2 aromatic rings. The van der Waals surface area contributed by atoms with E-state index in [1.807, 2.05) is 36.4 Å². The number of hydrogen-bond donors (Lipinski definition) is 3. The van der Waals surface area contributed by atoms with Gasteiger partial charge in [0.2, 0.25) is 5.91 Å². The number of carbonyl (C=O) groups excluding carboxylic acids is 2. The van der Waals surface area contributed by atoms with Gasteiger partial charge in [-0.2, -0.15) is 0 Å². The Labute approximate surface area is 199 Å². The van der Waals surface area contributed by atoms with Crippen LogP contribution in [0, 0.1) is 11.8 Å². The highest BCUT2D eigenvalue weighted by atomic mass is 16.5. The number of carboxylic acid groups (broad SMARTS) is 1. The van der Waals surface area contributed by atoms with Gasteiger partial charge in [0.05, 0.1) is 6.04 Å². The van der Waals surface area contributed by atoms with Crippen molar-refractivity contribution < 1.29 is 24.2 Å². The molecule has 4 rings (SSSR count). The van der Waals surface area contributed by atoms with E-state index in [0.717, 1.165) is 22.3 Å². The van der Waals surface area contributed by atoms with Crippen molar-refractivity contribution in [2.75, 3.05) is 6.61 Å². The summed E-state index contributed by atoms with van der Waals surface area (Å²) in [5.74, 6) is -2.03. The number of aliphatic carboxylic acids is 1. The van der Waals surface area contributed by atoms with Crippen LogP contribution in [0.4, 0.5) is 4.79 Å². The Morgan fingerprint density at radius 1 is 1.03 bits per heavy atom. The minimum absolute atomic E-state index is 0.0254. The van der Waals surface area contributed by atoms with Crippen LogP contribution >= 0.6 is 0 Å². The molecule has 2 aliphatic rings. The molecule has 0 radical (unpaired) electrons. The Balaban J connectivity index is 1.33. The van der Waals surface area contributed by atoms with Gasteiger partial charge < -0.3 is 20.5 Å². The normalized spacial score (nSPS) is 19.7. The zero-order chi connectivity index (χ0) is 24.2. The maximum absolute atomic E-state index is 12.6. The number of benzene rings is 2. The van der Waals surface area contributed by atoms with Crippen molar-refractivity contribution in [3.05, 3.63) is 71.8 Å². The number of rotatable bonds is 7. The van der Waals surface area contributed by atoms with E-state index in [0.29, 0.717) is 12.8 Å². The van der Waals surface area contributed by atoms with E-state index in [2.05, 4.69) is 34.9 Å². The Morgan fingerprint density at radius 3 is 2.24 bits per heavy atom. The van der Waals surface area contributed by atoms with Gasteiger partial charge in [-0.1, -0.05) is 74.5 Å². The van der Waals surface area contributed by atoms with Crippen LogP contribution in [0.25, 0.3) is 11.1 Å². The molecule has 0 spiro atoms. The lowest BCUT2D eigenvalue weighted by Gasteiger charge is -2.27. The number of allylic oxidation sites excluding steroid dienone is 1. The second kappa shape index (κ2) is 10.1. The number of carboxylic acids is 1. The Bertz CT molecular complexity index is 1060. The minimum Gasteiger partial charge on any atom is -0.480 e. The van der Waals surface area contributed by atoms with E-state index in [9.17, 15) is 19.5 Å². The zero-order valence-electron chi connectivity index (χ0n) is 19.4. The first-order valence-electron chi connectivity index (χ1n) is 11.7. The number of alkyl carbamates (subject to hydrolysis) is 1. The van der Waals surface area contributed by atoms with Crippen LogP contribution in [0.15, 0.2) is 60.7 Å². The minimum atomic E-state index is -1.05. The van der Waals surface area contributed by atoms with Crippen LogP contribution < -0.4 is 10.6 Å². The van der Waals surface area contributed by atoms with Crippen molar-refractivity contribution in [1.82, 2.24) is 10.6 Å². The van der Waals surface area contributed by atoms with Crippen molar-refractivity contribution >= 4 is 18.0 Å². The van der Waals surface area contributed by atoms with Crippen LogP contribution in [0.5, 0.6) is 0 Å². The Kier molecular flexibility index (Phi) is 7.01. The topological polar surface area (TPSA) is 105 Å². The van der Waals surface area contributed by atoms with E-state index in [1.54, 1.807) is 13.8 Å². The summed E-state index contributed by atoms with van der Waals surface area (Å²) in [5.41, 5.74) is 4.61. The molecule has 0 bridgehead atoms. The van der Waals surface area contributed by atoms with Crippen molar-refractivity contribution in [3.8, 4) is 11.1 Å². The van der Waals surface area contributed by atoms with Crippen molar-refractivity contribution in [2.24, 2.45) is 11.8 Å². The first-order valence-corrected chi connectivity index (χ1v) is 11.7. The maximum Gasteiger partial charge on any atom is 0.407 e. The highest BCUT2D eigenvalue weighted by molar-refractivity contribution is 5.85. The summed E-state index contributed by atoms with van der Waals surface area (Å²) >= 11 is 0. The fourth-order valence-corrected chi connectivity index (χ4v) is 4.79. The zero-order valence-corrected chi connectivity index (χ0v) is 19.4. The molecule has 34 heavy (non-hydrogen) atoms. The standard InChI is InChI=1S/C27H30N2O5/c1-16(2)24(26(31)32)29-25(30)17-8-7-9-18(14-17)28-27(33)34-15-23-21-12-5-3-10-19(21)20-11-4-6-13-22(20)23/h3-7,9-13,16-18,23-24H,8,14-15H2,1-2H3,(H,28,33)(H,29,30)(H,31,32)/t17-,18-,24+/m1/s1. The van der Waals surface area contributed by atoms with Crippen LogP contribution in [-0.4, -0.2) is 41.8 Å². The smallest absolute Gasteiger partial charge is 0.407 e. The van der Waals surface area contributed by atoms with Crippen molar-refractivity contribution in [2.45, 2.75) is 44.7 Å². The largest absolute Gasteiger partial charge is 0.480 e. The average Bonchev–Trinajstić information content (AvgIpc) is 3.14. The monoisotopic (exact) mass is 462 g/mol. The quantitative estimate of drug-likeness (QED) is 0.538. The molecule has 0 saturated heterocycles. The fraction of sp³-hybridized carbons (Fsp3) is 0.370. The van der Waals surface area contributed by atoms with Gasteiger partial charge in [-0.05, 0) is 41.0 Å². The molecule has 0 aliphatic heterocycles. The first-order chi connectivity index (χ1) is 16.3. The second-order valence-corrected chi connectivity index (χ2v) is 9.24. The van der Waals surface area contributed by atoms with E-state index >= 15 is 0 Å². The maximum atomic E-state index is 12.6. The van der Waals surface area contributed by atoms with Gasteiger partial charge in [-0.25, -0.2) is 9.59 Å². The molecule has 0 aromatic heterocycles. The molecule has 2 amide bonds. The summed E-state index contributed by atoms with van der Waals surface area (Å²) in [6.45, 7) is 3.72. The third kappa shape index (κ3) is 4.98. The lowest BCUT2D eigenvalue weighted by molar-refractivity contribution is -0.143. The molecule has 7 nitrogen and oxygen atoms in total. The summed E-state index contributed by atoms with van der Waals surface area (Å²) in [6.07, 6.45) is 4.04. The highest BCUT2D eigenvalue weighted by Gasteiger charge is 2.31. The molecular weight excluding hydrogens is 432 g/mol. The molecule has 0 heterocycles. The molecule has 178 valence electrons.